The van der Waals surface area contributed by atoms with Crippen LogP contribution in [0.25, 0.3) is 0 Å². The molecule has 1 rings (SSSR count). The first-order valence-corrected chi connectivity index (χ1v) is 8.55. The van der Waals surface area contributed by atoms with Crippen molar-refractivity contribution >= 4 is 21.4 Å². The molecule has 0 spiro atoms. The molecule has 0 aliphatic heterocycles. The van der Waals surface area contributed by atoms with E-state index in [0.717, 1.165) is 5.56 Å². The van der Waals surface area contributed by atoms with Crippen LogP contribution in [0.1, 0.15) is 19.4 Å². The van der Waals surface area contributed by atoms with E-state index in [2.05, 4.69) is 5.32 Å². The van der Waals surface area contributed by atoms with Crippen LogP contribution in [0.15, 0.2) is 18.2 Å². The lowest BCUT2D eigenvalue weighted by atomic mass is 10.2. The van der Waals surface area contributed by atoms with E-state index in [9.17, 15) is 8.42 Å². The van der Waals surface area contributed by atoms with Crippen LogP contribution >= 0.6 is 11.6 Å². The maximum absolute atomic E-state index is 11.1. The molecule has 4 nitrogen and oxygen atoms in total. The van der Waals surface area contributed by atoms with Crippen LogP contribution in [-0.4, -0.2) is 33.1 Å². The average Bonchev–Trinajstić information content (AvgIpc) is 2.26. The minimum Gasteiger partial charge on any atom is -0.492 e. The van der Waals surface area contributed by atoms with Crippen molar-refractivity contribution in [1.29, 1.82) is 0 Å². The SMILES string of the molecule is CC(C)NCc1c(Cl)cccc1OCCS(C)(=O)=O. The maximum atomic E-state index is 11.1. The van der Waals surface area contributed by atoms with E-state index in [-0.39, 0.29) is 12.4 Å². The van der Waals surface area contributed by atoms with Gasteiger partial charge in [0.15, 0.2) is 9.84 Å². The first-order chi connectivity index (χ1) is 8.79. The van der Waals surface area contributed by atoms with Crippen molar-refractivity contribution in [2.75, 3.05) is 18.6 Å². The van der Waals surface area contributed by atoms with Gasteiger partial charge in [0, 0.05) is 29.4 Å². The van der Waals surface area contributed by atoms with E-state index in [1.165, 1.54) is 6.26 Å². The molecule has 0 saturated heterocycles. The van der Waals surface area contributed by atoms with Gasteiger partial charge in [-0.2, -0.15) is 0 Å². The number of halogens is 1. The van der Waals surface area contributed by atoms with Gasteiger partial charge in [0.05, 0.1) is 5.75 Å². The van der Waals surface area contributed by atoms with Gasteiger partial charge in [-0.25, -0.2) is 8.42 Å². The lowest BCUT2D eigenvalue weighted by molar-refractivity contribution is 0.336. The molecular weight excluding hydrogens is 286 g/mol. The molecule has 0 bridgehead atoms. The summed E-state index contributed by atoms with van der Waals surface area (Å²) in [6, 6.07) is 5.71. The zero-order valence-corrected chi connectivity index (χ0v) is 13.0. The summed E-state index contributed by atoms with van der Waals surface area (Å²) in [7, 11) is -3.02. The van der Waals surface area contributed by atoms with Gasteiger partial charge >= 0.3 is 0 Å². The standard InChI is InChI=1S/C13H20ClNO3S/c1-10(2)15-9-11-12(14)5-4-6-13(11)18-7-8-19(3,16)17/h4-6,10,15H,7-9H2,1-3H3. The molecule has 0 saturated carbocycles. The second-order valence-corrected chi connectivity index (χ2v) is 7.40. The number of ether oxygens (including phenoxy) is 1. The fraction of sp³-hybridized carbons (Fsp3) is 0.538. The molecule has 1 N–H and O–H groups in total. The Bertz CT molecular complexity index is 515. The van der Waals surface area contributed by atoms with E-state index in [1.54, 1.807) is 18.2 Å². The van der Waals surface area contributed by atoms with Gasteiger partial charge in [-0.3, -0.25) is 0 Å². The molecule has 1 aromatic carbocycles. The number of hydrogen-bond acceptors (Lipinski definition) is 4. The smallest absolute Gasteiger partial charge is 0.150 e. The molecular formula is C13H20ClNO3S. The Kier molecular flexibility index (Phi) is 6.10. The fourth-order valence-electron chi connectivity index (χ4n) is 1.45. The Hall–Kier alpha value is -0.780. The van der Waals surface area contributed by atoms with E-state index < -0.39 is 9.84 Å². The largest absolute Gasteiger partial charge is 0.492 e. The van der Waals surface area contributed by atoms with Crippen molar-refractivity contribution in [3.05, 3.63) is 28.8 Å². The Labute approximate surface area is 120 Å². The minimum atomic E-state index is -3.02. The van der Waals surface area contributed by atoms with Crippen molar-refractivity contribution < 1.29 is 13.2 Å². The van der Waals surface area contributed by atoms with Crippen LogP contribution in [0.2, 0.25) is 5.02 Å². The Morgan fingerprint density at radius 3 is 2.63 bits per heavy atom. The summed E-state index contributed by atoms with van der Waals surface area (Å²) in [6.07, 6.45) is 1.19. The fourth-order valence-corrected chi connectivity index (χ4v) is 2.07. The van der Waals surface area contributed by atoms with E-state index in [4.69, 9.17) is 16.3 Å². The van der Waals surface area contributed by atoms with E-state index >= 15 is 0 Å². The van der Waals surface area contributed by atoms with Crippen molar-refractivity contribution in [2.24, 2.45) is 0 Å². The van der Waals surface area contributed by atoms with Crippen LogP contribution in [-0.2, 0) is 16.4 Å². The zero-order chi connectivity index (χ0) is 14.5. The highest BCUT2D eigenvalue weighted by molar-refractivity contribution is 7.90. The molecule has 0 heterocycles. The highest BCUT2D eigenvalue weighted by Crippen LogP contribution is 2.26. The third-order valence-electron chi connectivity index (χ3n) is 2.47. The van der Waals surface area contributed by atoms with E-state index in [0.29, 0.717) is 23.4 Å². The van der Waals surface area contributed by atoms with Gasteiger partial charge in [0.25, 0.3) is 0 Å². The summed E-state index contributed by atoms with van der Waals surface area (Å²) in [5.74, 6) is 0.626. The molecule has 0 aromatic heterocycles. The number of rotatable bonds is 7. The number of hydrogen-bond donors (Lipinski definition) is 1. The predicted octanol–water partition coefficient (Wildman–Crippen LogP) is 2.26. The number of benzene rings is 1. The van der Waals surface area contributed by atoms with Gasteiger partial charge in [0.2, 0.25) is 0 Å². The molecule has 0 fully saturated rings. The molecule has 0 unspecified atom stereocenters. The second kappa shape index (κ2) is 7.12. The molecule has 108 valence electrons. The van der Waals surface area contributed by atoms with Crippen LogP contribution in [0.3, 0.4) is 0 Å². The van der Waals surface area contributed by atoms with E-state index in [1.807, 2.05) is 13.8 Å². The summed E-state index contributed by atoms with van der Waals surface area (Å²) in [5, 5.41) is 3.88. The molecule has 0 aliphatic carbocycles. The van der Waals surface area contributed by atoms with Crippen LogP contribution in [0.4, 0.5) is 0 Å². The van der Waals surface area contributed by atoms with Gasteiger partial charge in [-0.1, -0.05) is 31.5 Å². The molecule has 6 heteroatoms. The Morgan fingerprint density at radius 2 is 2.05 bits per heavy atom. The van der Waals surface area contributed by atoms with Gasteiger partial charge < -0.3 is 10.1 Å². The number of nitrogens with one attached hydrogen (secondary N) is 1. The van der Waals surface area contributed by atoms with Crippen molar-refractivity contribution in [3.63, 3.8) is 0 Å². The average molecular weight is 306 g/mol. The highest BCUT2D eigenvalue weighted by Gasteiger charge is 2.10. The quantitative estimate of drug-likeness (QED) is 0.839. The number of sulfone groups is 1. The normalized spacial score (nSPS) is 11.8. The van der Waals surface area contributed by atoms with Crippen molar-refractivity contribution in [3.8, 4) is 5.75 Å². The third-order valence-corrected chi connectivity index (χ3v) is 3.74. The minimum absolute atomic E-state index is 0.00341. The van der Waals surface area contributed by atoms with Crippen LogP contribution < -0.4 is 10.1 Å². The maximum Gasteiger partial charge on any atom is 0.150 e. The predicted molar refractivity (Wildman–Crippen MR) is 78.6 cm³/mol. The summed E-state index contributed by atoms with van der Waals surface area (Å²) < 4.78 is 27.7. The molecule has 0 radical (unpaired) electrons. The Balaban J connectivity index is 2.73. The molecule has 0 atom stereocenters. The first kappa shape index (κ1) is 16.3. The van der Waals surface area contributed by atoms with Crippen molar-refractivity contribution in [1.82, 2.24) is 5.32 Å². The monoisotopic (exact) mass is 305 g/mol. The van der Waals surface area contributed by atoms with Crippen molar-refractivity contribution in [2.45, 2.75) is 26.4 Å². The molecule has 0 amide bonds. The van der Waals surface area contributed by atoms with Crippen LogP contribution in [0, 0.1) is 0 Å². The van der Waals surface area contributed by atoms with Gasteiger partial charge in [-0.15, -0.1) is 0 Å². The lowest BCUT2D eigenvalue weighted by Gasteiger charge is -2.15. The summed E-state index contributed by atoms with van der Waals surface area (Å²) >= 11 is 6.14. The first-order valence-electron chi connectivity index (χ1n) is 6.11. The molecule has 1 aromatic rings. The lowest BCUT2D eigenvalue weighted by Crippen LogP contribution is -2.22. The third kappa shape index (κ3) is 6.27. The van der Waals surface area contributed by atoms with Gasteiger partial charge in [0.1, 0.15) is 12.4 Å². The highest BCUT2D eigenvalue weighted by atomic mass is 35.5. The summed E-state index contributed by atoms with van der Waals surface area (Å²) in [6.45, 7) is 4.81. The van der Waals surface area contributed by atoms with Gasteiger partial charge in [-0.05, 0) is 12.1 Å². The topological polar surface area (TPSA) is 55.4 Å². The summed E-state index contributed by atoms with van der Waals surface area (Å²) in [5.41, 5.74) is 0.853. The summed E-state index contributed by atoms with van der Waals surface area (Å²) in [4.78, 5) is 0. The molecule has 19 heavy (non-hydrogen) atoms. The second-order valence-electron chi connectivity index (χ2n) is 4.73. The molecule has 0 aliphatic rings. The zero-order valence-electron chi connectivity index (χ0n) is 11.4. The Morgan fingerprint density at radius 1 is 1.37 bits per heavy atom. The van der Waals surface area contributed by atoms with Crippen LogP contribution in [0.5, 0.6) is 5.75 Å².